The monoisotopic (exact) mass is 417 g/mol. The van der Waals surface area contributed by atoms with E-state index in [0.717, 1.165) is 34.0 Å². The van der Waals surface area contributed by atoms with Crippen molar-refractivity contribution in [3.8, 4) is 22.7 Å². The van der Waals surface area contributed by atoms with E-state index in [1.165, 1.54) is 12.1 Å². The highest BCUT2D eigenvalue weighted by Crippen LogP contribution is 2.28. The number of ether oxygens (including phenoxy) is 1. The first-order chi connectivity index (χ1) is 15.0. The van der Waals surface area contributed by atoms with Gasteiger partial charge in [0.2, 0.25) is 0 Å². The largest absolute Gasteiger partial charge is 0.497 e. The fourth-order valence-electron chi connectivity index (χ4n) is 3.45. The lowest BCUT2D eigenvalue weighted by atomic mass is 10.1. The molecule has 0 fully saturated rings. The summed E-state index contributed by atoms with van der Waals surface area (Å²) in [7, 11) is 3.67. The molecule has 0 radical (unpaired) electrons. The Bertz CT molecular complexity index is 1140. The van der Waals surface area contributed by atoms with Gasteiger partial charge >= 0.3 is 0 Å². The second-order valence-electron chi connectivity index (χ2n) is 7.38. The van der Waals surface area contributed by atoms with Crippen molar-refractivity contribution >= 4 is 0 Å². The molecule has 6 nitrogen and oxygen atoms in total. The summed E-state index contributed by atoms with van der Waals surface area (Å²) in [6.45, 7) is 2.71. The van der Waals surface area contributed by atoms with Gasteiger partial charge in [0.05, 0.1) is 24.2 Å². The maximum Gasteiger partial charge on any atom is 0.123 e. The first kappa shape index (κ1) is 20.7. The number of hydrogen-bond donors (Lipinski definition) is 0. The normalized spacial score (nSPS) is 12.2. The molecule has 0 amide bonds. The fourth-order valence-corrected chi connectivity index (χ4v) is 3.45. The van der Waals surface area contributed by atoms with Crippen molar-refractivity contribution in [3.63, 3.8) is 0 Å². The molecule has 0 unspecified atom stereocenters. The molecule has 7 heteroatoms. The van der Waals surface area contributed by atoms with Crippen LogP contribution in [0.2, 0.25) is 0 Å². The number of aromatic nitrogens is 4. The lowest BCUT2D eigenvalue weighted by Gasteiger charge is -2.24. The summed E-state index contributed by atoms with van der Waals surface area (Å²) in [4.78, 5) is 10.5. The standard InChI is InChI=1S/C24H24FN5O/c1-17(23-11-12-26-16-27-23)29(2)14-19-15-30(21-7-9-22(31-3)10-8-21)28-24(19)18-5-4-6-20(25)13-18/h4-13,15-17H,14H2,1-3H3/t17-/m1/s1. The Morgan fingerprint density at radius 3 is 2.61 bits per heavy atom. The van der Waals surface area contributed by atoms with Gasteiger partial charge in [-0.3, -0.25) is 4.90 Å². The van der Waals surface area contributed by atoms with E-state index >= 15 is 0 Å². The lowest BCUT2D eigenvalue weighted by Crippen LogP contribution is -2.22. The van der Waals surface area contributed by atoms with Gasteiger partial charge in [-0.05, 0) is 56.4 Å². The van der Waals surface area contributed by atoms with Crippen LogP contribution in [0.25, 0.3) is 16.9 Å². The molecule has 0 N–H and O–H groups in total. The Balaban J connectivity index is 1.69. The third kappa shape index (κ3) is 4.62. The minimum atomic E-state index is -0.287. The van der Waals surface area contributed by atoms with Crippen LogP contribution in [0.3, 0.4) is 0 Å². The van der Waals surface area contributed by atoms with Crippen LogP contribution in [0.5, 0.6) is 5.75 Å². The van der Waals surface area contributed by atoms with E-state index in [4.69, 9.17) is 9.84 Å². The minimum Gasteiger partial charge on any atom is -0.497 e. The molecule has 0 saturated carbocycles. The molecule has 2 heterocycles. The molecular formula is C24H24FN5O. The molecule has 2 aromatic heterocycles. The van der Waals surface area contributed by atoms with Crippen molar-refractivity contribution in [2.75, 3.05) is 14.2 Å². The molecule has 158 valence electrons. The summed E-state index contributed by atoms with van der Waals surface area (Å²) in [5.41, 5.74) is 4.32. The number of rotatable bonds is 7. The molecule has 0 spiro atoms. The van der Waals surface area contributed by atoms with Crippen LogP contribution in [-0.2, 0) is 6.54 Å². The van der Waals surface area contributed by atoms with Crippen molar-refractivity contribution in [2.24, 2.45) is 0 Å². The Labute approximate surface area is 181 Å². The molecule has 0 aliphatic rings. The number of methoxy groups -OCH3 is 1. The number of nitrogens with zero attached hydrogens (tertiary/aromatic N) is 5. The third-order valence-electron chi connectivity index (χ3n) is 5.34. The van der Waals surface area contributed by atoms with Crippen LogP contribution in [-0.4, -0.2) is 38.8 Å². The number of hydrogen-bond acceptors (Lipinski definition) is 5. The maximum absolute atomic E-state index is 13.9. The molecule has 0 aliphatic heterocycles. The van der Waals surface area contributed by atoms with Crippen LogP contribution < -0.4 is 4.74 Å². The Kier molecular flexibility index (Phi) is 6.04. The zero-order valence-corrected chi connectivity index (χ0v) is 17.7. The van der Waals surface area contributed by atoms with Gasteiger partial charge in [-0.1, -0.05) is 12.1 Å². The van der Waals surface area contributed by atoms with Gasteiger partial charge in [0.15, 0.2) is 0 Å². The van der Waals surface area contributed by atoms with Gasteiger partial charge in [-0.2, -0.15) is 5.10 Å². The summed E-state index contributed by atoms with van der Waals surface area (Å²) in [6, 6.07) is 16.2. The van der Waals surface area contributed by atoms with E-state index in [9.17, 15) is 4.39 Å². The van der Waals surface area contributed by atoms with Gasteiger partial charge in [0.1, 0.15) is 17.9 Å². The molecule has 4 rings (SSSR count). The van der Waals surface area contributed by atoms with E-state index in [0.29, 0.717) is 6.54 Å². The van der Waals surface area contributed by atoms with E-state index in [2.05, 4.69) is 21.8 Å². The Morgan fingerprint density at radius 2 is 1.94 bits per heavy atom. The molecule has 31 heavy (non-hydrogen) atoms. The summed E-state index contributed by atoms with van der Waals surface area (Å²) >= 11 is 0. The van der Waals surface area contributed by atoms with Gasteiger partial charge in [-0.25, -0.2) is 19.0 Å². The maximum atomic E-state index is 13.9. The zero-order valence-electron chi connectivity index (χ0n) is 17.7. The first-order valence-electron chi connectivity index (χ1n) is 10.00. The average Bonchev–Trinajstić information content (AvgIpc) is 3.23. The molecular weight excluding hydrogens is 393 g/mol. The second-order valence-corrected chi connectivity index (χ2v) is 7.38. The summed E-state index contributed by atoms with van der Waals surface area (Å²) < 4.78 is 21.0. The third-order valence-corrected chi connectivity index (χ3v) is 5.34. The molecule has 2 aromatic carbocycles. The van der Waals surface area contributed by atoms with E-state index in [1.54, 1.807) is 25.7 Å². The van der Waals surface area contributed by atoms with Crippen LogP contribution >= 0.6 is 0 Å². The van der Waals surface area contributed by atoms with Crippen molar-refractivity contribution in [2.45, 2.75) is 19.5 Å². The van der Waals surface area contributed by atoms with E-state index < -0.39 is 0 Å². The van der Waals surface area contributed by atoms with Crippen molar-refractivity contribution in [1.82, 2.24) is 24.6 Å². The first-order valence-corrected chi connectivity index (χ1v) is 10.00. The smallest absolute Gasteiger partial charge is 0.123 e. The van der Waals surface area contributed by atoms with Gasteiger partial charge in [0, 0.05) is 36.1 Å². The van der Waals surface area contributed by atoms with Gasteiger partial charge in [-0.15, -0.1) is 0 Å². The molecule has 0 saturated heterocycles. The van der Waals surface area contributed by atoms with Gasteiger partial charge in [0.25, 0.3) is 0 Å². The van der Waals surface area contributed by atoms with Crippen LogP contribution in [0.4, 0.5) is 4.39 Å². The summed E-state index contributed by atoms with van der Waals surface area (Å²) in [6.07, 6.45) is 5.29. The predicted molar refractivity (Wildman–Crippen MR) is 117 cm³/mol. The van der Waals surface area contributed by atoms with E-state index in [1.807, 2.05) is 54.3 Å². The Morgan fingerprint density at radius 1 is 1.13 bits per heavy atom. The Hall–Kier alpha value is -3.58. The quantitative estimate of drug-likeness (QED) is 0.437. The van der Waals surface area contributed by atoms with Crippen molar-refractivity contribution < 1.29 is 9.13 Å². The molecule has 4 aromatic rings. The van der Waals surface area contributed by atoms with Crippen molar-refractivity contribution in [1.29, 1.82) is 0 Å². The van der Waals surface area contributed by atoms with Gasteiger partial charge < -0.3 is 4.74 Å². The van der Waals surface area contributed by atoms with E-state index in [-0.39, 0.29) is 11.9 Å². The van der Waals surface area contributed by atoms with Crippen LogP contribution in [0.15, 0.2) is 73.3 Å². The minimum absolute atomic E-state index is 0.0766. The summed E-state index contributed by atoms with van der Waals surface area (Å²) in [5, 5.41) is 4.79. The number of halogens is 1. The van der Waals surface area contributed by atoms with Crippen LogP contribution in [0.1, 0.15) is 24.2 Å². The molecule has 1 atom stereocenters. The predicted octanol–water partition coefficient (Wildman–Crippen LogP) is 4.67. The highest BCUT2D eigenvalue weighted by molar-refractivity contribution is 5.63. The topological polar surface area (TPSA) is 56.1 Å². The number of benzene rings is 2. The highest BCUT2D eigenvalue weighted by Gasteiger charge is 2.19. The molecule has 0 aliphatic carbocycles. The van der Waals surface area contributed by atoms with Crippen molar-refractivity contribution in [3.05, 3.63) is 90.4 Å². The lowest BCUT2D eigenvalue weighted by molar-refractivity contribution is 0.248. The summed E-state index contributed by atoms with van der Waals surface area (Å²) in [5.74, 6) is 0.491. The zero-order chi connectivity index (χ0) is 21.8. The fraction of sp³-hybridized carbons (Fsp3) is 0.208. The molecule has 0 bridgehead atoms. The second kappa shape index (κ2) is 9.06. The average molecular weight is 417 g/mol. The highest BCUT2D eigenvalue weighted by atomic mass is 19.1. The SMILES string of the molecule is COc1ccc(-n2cc(CN(C)[C@H](C)c3ccncn3)c(-c3cccc(F)c3)n2)cc1. The van der Waals surface area contributed by atoms with Crippen LogP contribution in [0, 0.1) is 5.82 Å².